The van der Waals surface area contributed by atoms with E-state index in [1.54, 1.807) is 60.7 Å². The third-order valence-electron chi connectivity index (χ3n) is 4.77. The van der Waals surface area contributed by atoms with Gasteiger partial charge in [-0.2, -0.15) is 0 Å². The van der Waals surface area contributed by atoms with Gasteiger partial charge in [-0.25, -0.2) is 4.79 Å². The topological polar surface area (TPSA) is 84.2 Å². The molecule has 8 heteroatoms. The molecule has 0 saturated carbocycles. The fraction of sp³-hybridized carbons (Fsp3) is 0.120. The van der Waals surface area contributed by atoms with Crippen molar-refractivity contribution in [3.05, 3.63) is 81.4 Å². The second-order valence-corrected chi connectivity index (χ2v) is 7.71. The van der Waals surface area contributed by atoms with Crippen molar-refractivity contribution >= 4 is 32.9 Å². The van der Waals surface area contributed by atoms with Crippen LogP contribution in [0.4, 0.5) is 0 Å². The Labute approximate surface area is 197 Å². The van der Waals surface area contributed by atoms with Crippen LogP contribution in [0.1, 0.15) is 0 Å². The van der Waals surface area contributed by atoms with E-state index >= 15 is 0 Å². The first-order valence-corrected chi connectivity index (χ1v) is 10.7. The molecule has 168 valence electrons. The fourth-order valence-corrected chi connectivity index (χ4v) is 3.86. The highest BCUT2D eigenvalue weighted by Crippen LogP contribution is 2.41. The molecule has 0 aliphatic carbocycles. The molecule has 0 aliphatic rings. The van der Waals surface area contributed by atoms with Crippen molar-refractivity contribution in [1.82, 2.24) is 0 Å². The summed E-state index contributed by atoms with van der Waals surface area (Å²) in [5.74, 6) is 0.468. The van der Waals surface area contributed by atoms with Crippen LogP contribution in [0.15, 0.2) is 80.4 Å². The minimum atomic E-state index is -0.748. The Morgan fingerprint density at radius 2 is 1.67 bits per heavy atom. The third kappa shape index (κ3) is 4.70. The van der Waals surface area contributed by atoms with Gasteiger partial charge >= 0.3 is 5.97 Å². The Balaban J connectivity index is 1.78. The first-order valence-electron chi connectivity index (χ1n) is 9.88. The number of rotatable bonds is 7. The van der Waals surface area contributed by atoms with E-state index in [1.165, 1.54) is 14.2 Å². The number of halogens is 1. The molecule has 3 aromatic carbocycles. The fourth-order valence-electron chi connectivity index (χ4n) is 3.26. The molecule has 1 aromatic heterocycles. The van der Waals surface area contributed by atoms with Gasteiger partial charge in [0.15, 0.2) is 23.9 Å². The Morgan fingerprint density at radius 3 is 2.39 bits per heavy atom. The minimum absolute atomic E-state index is 0.0772. The van der Waals surface area contributed by atoms with E-state index < -0.39 is 11.4 Å². The molecule has 0 unspecified atom stereocenters. The lowest BCUT2D eigenvalue weighted by molar-refractivity contribution is -0.136. The van der Waals surface area contributed by atoms with Gasteiger partial charge in [0.2, 0.25) is 11.2 Å². The van der Waals surface area contributed by atoms with Crippen LogP contribution in [0.5, 0.6) is 23.0 Å². The van der Waals surface area contributed by atoms with Crippen molar-refractivity contribution in [2.45, 2.75) is 0 Å². The molecule has 0 bridgehead atoms. The number of hydrogen-bond donors (Lipinski definition) is 0. The van der Waals surface area contributed by atoms with Crippen LogP contribution < -0.4 is 24.4 Å². The van der Waals surface area contributed by atoms with Crippen LogP contribution in [0, 0.1) is 0 Å². The standard InChI is InChI=1S/C25H19BrO7/c1-29-20-13-15(12-18(26)24(20)30-2)23-25(22(28)17-10-6-7-11-19(17)32-23)33-21(27)14-31-16-8-4-3-5-9-16/h3-13H,14H2,1-2H3. The van der Waals surface area contributed by atoms with Crippen molar-refractivity contribution in [1.29, 1.82) is 0 Å². The van der Waals surface area contributed by atoms with Crippen molar-refractivity contribution in [2.75, 3.05) is 20.8 Å². The van der Waals surface area contributed by atoms with E-state index in [2.05, 4.69) is 15.9 Å². The maximum atomic E-state index is 13.2. The van der Waals surface area contributed by atoms with Crippen LogP contribution >= 0.6 is 15.9 Å². The Morgan fingerprint density at radius 1 is 0.939 bits per heavy atom. The Bertz CT molecular complexity index is 1360. The summed E-state index contributed by atoms with van der Waals surface area (Å²) in [5.41, 5.74) is 0.323. The molecule has 0 amide bonds. The zero-order chi connectivity index (χ0) is 23.4. The zero-order valence-electron chi connectivity index (χ0n) is 17.8. The monoisotopic (exact) mass is 510 g/mol. The minimum Gasteiger partial charge on any atom is -0.493 e. The molecule has 0 radical (unpaired) electrons. The second-order valence-electron chi connectivity index (χ2n) is 6.85. The lowest BCUT2D eigenvalue weighted by Gasteiger charge is -2.14. The van der Waals surface area contributed by atoms with Crippen LogP contribution in [-0.2, 0) is 4.79 Å². The summed E-state index contributed by atoms with van der Waals surface area (Å²) in [6.07, 6.45) is 0. The summed E-state index contributed by atoms with van der Waals surface area (Å²) < 4.78 is 28.3. The number of carbonyl (C=O) groups excluding carboxylic acids is 1. The van der Waals surface area contributed by atoms with Gasteiger partial charge in [-0.05, 0) is 52.3 Å². The predicted molar refractivity (Wildman–Crippen MR) is 126 cm³/mol. The SMILES string of the molecule is COc1cc(-c2oc3ccccc3c(=O)c2OC(=O)COc2ccccc2)cc(Br)c1OC. The third-order valence-corrected chi connectivity index (χ3v) is 5.36. The van der Waals surface area contributed by atoms with E-state index in [9.17, 15) is 9.59 Å². The summed E-state index contributed by atoms with van der Waals surface area (Å²) >= 11 is 3.44. The number of benzene rings is 3. The molecular weight excluding hydrogens is 492 g/mol. The first-order chi connectivity index (χ1) is 16.0. The van der Waals surface area contributed by atoms with Gasteiger partial charge in [-0.3, -0.25) is 4.79 Å². The number of esters is 1. The molecule has 0 saturated heterocycles. The van der Waals surface area contributed by atoms with Crippen LogP contribution in [0.2, 0.25) is 0 Å². The van der Waals surface area contributed by atoms with Crippen molar-refractivity contribution in [3.8, 4) is 34.3 Å². The molecule has 33 heavy (non-hydrogen) atoms. The van der Waals surface area contributed by atoms with E-state index in [4.69, 9.17) is 23.4 Å². The molecule has 4 aromatic rings. The van der Waals surface area contributed by atoms with Crippen LogP contribution in [-0.4, -0.2) is 26.8 Å². The molecule has 7 nitrogen and oxygen atoms in total. The van der Waals surface area contributed by atoms with Gasteiger partial charge in [-0.1, -0.05) is 30.3 Å². The highest BCUT2D eigenvalue weighted by molar-refractivity contribution is 9.10. The summed E-state index contributed by atoms with van der Waals surface area (Å²) in [5, 5.41) is 0.285. The van der Waals surface area contributed by atoms with Gasteiger partial charge in [0, 0.05) is 5.56 Å². The molecule has 0 aliphatic heterocycles. The summed E-state index contributed by atoms with van der Waals surface area (Å²) in [6.45, 7) is -0.384. The maximum absolute atomic E-state index is 13.2. The number of methoxy groups -OCH3 is 2. The molecule has 0 spiro atoms. The van der Waals surface area contributed by atoms with Crippen LogP contribution in [0.25, 0.3) is 22.3 Å². The number of fused-ring (bicyclic) bond motifs is 1. The summed E-state index contributed by atoms with van der Waals surface area (Å²) in [7, 11) is 3.00. The van der Waals surface area contributed by atoms with E-state index in [0.29, 0.717) is 32.9 Å². The molecule has 0 atom stereocenters. The smallest absolute Gasteiger partial charge is 0.349 e. The van der Waals surface area contributed by atoms with Crippen molar-refractivity contribution in [2.24, 2.45) is 0 Å². The predicted octanol–water partition coefficient (Wildman–Crippen LogP) is 5.22. The van der Waals surface area contributed by atoms with Gasteiger partial charge in [0.1, 0.15) is 11.3 Å². The summed E-state index contributed by atoms with van der Waals surface area (Å²) in [6, 6.07) is 18.9. The van der Waals surface area contributed by atoms with Crippen LogP contribution in [0.3, 0.4) is 0 Å². The molecule has 0 fully saturated rings. The molecular formula is C25H19BrO7. The lowest BCUT2D eigenvalue weighted by Crippen LogP contribution is -2.21. The van der Waals surface area contributed by atoms with E-state index in [1.807, 2.05) is 6.07 Å². The quantitative estimate of drug-likeness (QED) is 0.315. The average Bonchev–Trinajstić information content (AvgIpc) is 2.84. The Kier molecular flexibility index (Phi) is 6.65. The van der Waals surface area contributed by atoms with Gasteiger partial charge in [-0.15, -0.1) is 0 Å². The summed E-state index contributed by atoms with van der Waals surface area (Å²) in [4.78, 5) is 25.8. The molecule has 1 heterocycles. The highest BCUT2D eigenvalue weighted by atomic mass is 79.9. The second kappa shape index (κ2) is 9.79. The molecule has 0 N–H and O–H groups in total. The number of carbonyl (C=O) groups is 1. The zero-order valence-corrected chi connectivity index (χ0v) is 19.4. The Hall–Kier alpha value is -3.78. The van der Waals surface area contributed by atoms with E-state index in [-0.39, 0.29) is 23.5 Å². The van der Waals surface area contributed by atoms with E-state index in [0.717, 1.165) is 0 Å². The van der Waals surface area contributed by atoms with Gasteiger partial charge in [0.25, 0.3) is 0 Å². The highest BCUT2D eigenvalue weighted by Gasteiger charge is 2.23. The van der Waals surface area contributed by atoms with Gasteiger partial charge < -0.3 is 23.4 Å². The van der Waals surface area contributed by atoms with Crippen molar-refractivity contribution in [3.63, 3.8) is 0 Å². The number of ether oxygens (including phenoxy) is 4. The van der Waals surface area contributed by atoms with Gasteiger partial charge in [0.05, 0.1) is 24.1 Å². The average molecular weight is 511 g/mol. The number of hydrogen-bond acceptors (Lipinski definition) is 7. The number of para-hydroxylation sites is 2. The lowest BCUT2D eigenvalue weighted by atomic mass is 10.1. The maximum Gasteiger partial charge on any atom is 0.349 e. The molecule has 4 rings (SSSR count). The van der Waals surface area contributed by atoms with Crippen molar-refractivity contribution < 1.29 is 28.2 Å². The largest absolute Gasteiger partial charge is 0.493 e. The first kappa shape index (κ1) is 22.4. The normalized spacial score (nSPS) is 10.6.